The fourth-order valence-electron chi connectivity index (χ4n) is 1.53. The molecule has 0 aliphatic carbocycles. The molecule has 5 nitrogen and oxygen atoms in total. The van der Waals surface area contributed by atoms with Gasteiger partial charge in [0, 0.05) is 19.5 Å². The summed E-state index contributed by atoms with van der Waals surface area (Å²) in [6.45, 7) is 7.40. The average Bonchev–Trinajstić information content (AvgIpc) is 2.50. The third kappa shape index (κ3) is 6.76. The number of nitrogens with zero attached hydrogens (tertiary/aromatic N) is 1. The van der Waals surface area contributed by atoms with Crippen LogP contribution in [0.4, 0.5) is 0 Å². The van der Waals surface area contributed by atoms with Gasteiger partial charge >= 0.3 is 0 Å². The van der Waals surface area contributed by atoms with Crippen LogP contribution < -0.4 is 11.3 Å². The first-order chi connectivity index (χ1) is 7.30. The van der Waals surface area contributed by atoms with Gasteiger partial charge in [0.15, 0.2) is 0 Å². The Morgan fingerprint density at radius 3 is 2.38 bits per heavy atom. The predicted molar refractivity (Wildman–Crippen MR) is 64.5 cm³/mol. The molecule has 0 radical (unpaired) electrons. The van der Waals surface area contributed by atoms with Crippen molar-refractivity contribution in [2.24, 2.45) is 11.3 Å². The highest BCUT2D eigenvalue weighted by atomic mass is 16.3. The molecule has 0 aromatic rings. The molecule has 0 spiro atoms. The van der Waals surface area contributed by atoms with Crippen molar-refractivity contribution in [3.8, 4) is 0 Å². The number of β-amino-alcohol motifs (C(OH)–C–C–N with tert-alkyl or cyclic N) is 1. The van der Waals surface area contributed by atoms with Crippen LogP contribution in [0.25, 0.3) is 0 Å². The molecule has 1 fully saturated rings. The summed E-state index contributed by atoms with van der Waals surface area (Å²) in [7, 11) is 1.65. The Bertz CT molecular complexity index is 214. The van der Waals surface area contributed by atoms with Crippen molar-refractivity contribution >= 4 is 5.91 Å². The van der Waals surface area contributed by atoms with Crippen LogP contribution >= 0.6 is 0 Å². The maximum Gasteiger partial charge on any atom is 0.223 e. The van der Waals surface area contributed by atoms with E-state index >= 15 is 0 Å². The molecule has 1 atom stereocenters. The van der Waals surface area contributed by atoms with E-state index in [-0.39, 0.29) is 17.4 Å². The summed E-state index contributed by atoms with van der Waals surface area (Å²) in [5, 5.41) is 9.25. The van der Waals surface area contributed by atoms with Gasteiger partial charge in [-0.05, 0) is 18.9 Å². The zero-order chi connectivity index (χ0) is 12.8. The number of hydrogen-bond donors (Lipinski definition) is 3. The SMILES string of the molecule is CC(C)(C)CC(=O)N1CCC(O)C1.CNN. The predicted octanol–water partition coefficient (Wildman–Crippen LogP) is 0.0953. The van der Waals surface area contributed by atoms with Gasteiger partial charge in [-0.3, -0.25) is 16.1 Å². The number of nitrogens with two attached hydrogens (primary N) is 1. The van der Waals surface area contributed by atoms with Crippen molar-refractivity contribution < 1.29 is 9.90 Å². The standard InChI is InChI=1S/C10H19NO2.CH6N2/c1-10(2,3)6-9(13)11-5-4-8(12)7-11;1-3-2/h8,12H,4-7H2,1-3H3;3H,2H2,1H3. The highest BCUT2D eigenvalue weighted by Gasteiger charge is 2.27. The van der Waals surface area contributed by atoms with E-state index in [0.717, 1.165) is 13.0 Å². The molecule has 1 saturated heterocycles. The minimum atomic E-state index is -0.302. The van der Waals surface area contributed by atoms with Gasteiger partial charge in [-0.15, -0.1) is 0 Å². The Labute approximate surface area is 98.0 Å². The maximum absolute atomic E-state index is 11.6. The molecule has 5 heteroatoms. The maximum atomic E-state index is 11.6. The van der Waals surface area contributed by atoms with Gasteiger partial charge in [-0.2, -0.15) is 0 Å². The smallest absolute Gasteiger partial charge is 0.223 e. The number of hydrazine groups is 1. The Morgan fingerprint density at radius 2 is 2.06 bits per heavy atom. The number of rotatable bonds is 1. The van der Waals surface area contributed by atoms with Gasteiger partial charge < -0.3 is 10.0 Å². The average molecular weight is 231 g/mol. The largest absolute Gasteiger partial charge is 0.391 e. The molecular formula is C11H25N3O2. The van der Waals surface area contributed by atoms with E-state index in [1.165, 1.54) is 0 Å². The molecule has 0 aromatic carbocycles. The number of aliphatic hydroxyl groups excluding tert-OH is 1. The fraction of sp³-hybridized carbons (Fsp3) is 0.909. The second-order valence-electron chi connectivity index (χ2n) is 5.31. The number of hydrogen-bond acceptors (Lipinski definition) is 4. The van der Waals surface area contributed by atoms with Gasteiger partial charge in [0.25, 0.3) is 0 Å². The van der Waals surface area contributed by atoms with Crippen LogP contribution in [0, 0.1) is 5.41 Å². The minimum Gasteiger partial charge on any atom is -0.391 e. The highest BCUT2D eigenvalue weighted by molar-refractivity contribution is 5.77. The summed E-state index contributed by atoms with van der Waals surface area (Å²) in [4.78, 5) is 13.4. The number of nitrogens with one attached hydrogen (secondary N) is 1. The number of likely N-dealkylation sites (tertiary alicyclic amines) is 1. The third-order valence-corrected chi connectivity index (χ3v) is 2.20. The molecular weight excluding hydrogens is 206 g/mol. The van der Waals surface area contributed by atoms with E-state index in [1.807, 2.05) is 0 Å². The normalized spacial score (nSPS) is 20.4. The molecule has 1 unspecified atom stereocenters. The van der Waals surface area contributed by atoms with E-state index in [9.17, 15) is 9.90 Å². The van der Waals surface area contributed by atoms with Crippen LogP contribution in [-0.4, -0.2) is 42.2 Å². The van der Waals surface area contributed by atoms with E-state index < -0.39 is 0 Å². The van der Waals surface area contributed by atoms with Crippen LogP contribution in [-0.2, 0) is 4.79 Å². The Balaban J connectivity index is 0.000000673. The lowest BCUT2D eigenvalue weighted by Crippen LogP contribution is -2.32. The summed E-state index contributed by atoms with van der Waals surface area (Å²) in [6, 6.07) is 0. The van der Waals surface area contributed by atoms with E-state index in [0.29, 0.717) is 13.0 Å². The molecule has 1 aliphatic heterocycles. The van der Waals surface area contributed by atoms with Gasteiger partial charge in [0.2, 0.25) is 5.91 Å². The van der Waals surface area contributed by atoms with Gasteiger partial charge in [0.1, 0.15) is 0 Å². The molecule has 0 saturated carbocycles. The molecule has 16 heavy (non-hydrogen) atoms. The van der Waals surface area contributed by atoms with Crippen molar-refractivity contribution in [2.75, 3.05) is 20.1 Å². The lowest BCUT2D eigenvalue weighted by atomic mass is 9.92. The molecule has 1 rings (SSSR count). The Kier molecular flexibility index (Phi) is 6.55. The van der Waals surface area contributed by atoms with Crippen LogP contribution in [0.5, 0.6) is 0 Å². The number of amides is 1. The summed E-state index contributed by atoms with van der Waals surface area (Å²) >= 11 is 0. The van der Waals surface area contributed by atoms with Crippen LogP contribution in [0.15, 0.2) is 0 Å². The second kappa shape index (κ2) is 6.83. The summed E-state index contributed by atoms with van der Waals surface area (Å²) in [5.74, 6) is 4.77. The lowest BCUT2D eigenvalue weighted by molar-refractivity contribution is -0.132. The van der Waals surface area contributed by atoms with Crippen molar-refractivity contribution in [3.05, 3.63) is 0 Å². The van der Waals surface area contributed by atoms with Gasteiger partial charge in [-0.1, -0.05) is 20.8 Å². The number of carbonyl (C=O) groups is 1. The molecule has 1 amide bonds. The first kappa shape index (κ1) is 15.3. The third-order valence-electron chi connectivity index (χ3n) is 2.20. The minimum absolute atomic E-state index is 0.0463. The lowest BCUT2D eigenvalue weighted by Gasteiger charge is -2.22. The van der Waals surface area contributed by atoms with Gasteiger partial charge in [-0.25, -0.2) is 0 Å². The van der Waals surface area contributed by atoms with Crippen LogP contribution in [0.3, 0.4) is 0 Å². The van der Waals surface area contributed by atoms with Crippen molar-refractivity contribution in [1.82, 2.24) is 10.3 Å². The van der Waals surface area contributed by atoms with Crippen LogP contribution in [0.2, 0.25) is 0 Å². The van der Waals surface area contributed by atoms with E-state index in [2.05, 4.69) is 32.0 Å². The topological polar surface area (TPSA) is 78.6 Å². The highest BCUT2D eigenvalue weighted by Crippen LogP contribution is 2.21. The van der Waals surface area contributed by atoms with Gasteiger partial charge in [0.05, 0.1) is 6.10 Å². The fourth-order valence-corrected chi connectivity index (χ4v) is 1.53. The summed E-state index contributed by atoms with van der Waals surface area (Å²) < 4.78 is 0. The van der Waals surface area contributed by atoms with Crippen LogP contribution in [0.1, 0.15) is 33.6 Å². The number of aliphatic hydroxyl groups is 1. The Hall–Kier alpha value is -0.650. The van der Waals surface area contributed by atoms with Crippen molar-refractivity contribution in [3.63, 3.8) is 0 Å². The van der Waals surface area contributed by atoms with E-state index in [4.69, 9.17) is 0 Å². The quantitative estimate of drug-likeness (QED) is 0.441. The molecule has 1 heterocycles. The van der Waals surface area contributed by atoms with Crippen molar-refractivity contribution in [2.45, 2.75) is 39.7 Å². The molecule has 1 aliphatic rings. The second-order valence-corrected chi connectivity index (χ2v) is 5.31. The summed E-state index contributed by atoms with van der Waals surface area (Å²) in [6.07, 6.45) is 0.999. The molecule has 0 bridgehead atoms. The Morgan fingerprint density at radius 1 is 1.56 bits per heavy atom. The first-order valence-electron chi connectivity index (χ1n) is 5.63. The van der Waals surface area contributed by atoms with E-state index in [1.54, 1.807) is 11.9 Å². The zero-order valence-electron chi connectivity index (χ0n) is 10.8. The molecule has 4 N–H and O–H groups in total. The zero-order valence-corrected chi connectivity index (χ0v) is 10.8. The summed E-state index contributed by atoms with van der Waals surface area (Å²) in [5.41, 5.74) is 2.30. The molecule has 0 aromatic heterocycles. The molecule has 96 valence electrons. The van der Waals surface area contributed by atoms with Crippen molar-refractivity contribution in [1.29, 1.82) is 0 Å². The number of carbonyl (C=O) groups excluding carboxylic acids is 1. The monoisotopic (exact) mass is 231 g/mol. The first-order valence-corrected chi connectivity index (χ1v) is 5.63.